The Morgan fingerprint density at radius 2 is 1.94 bits per heavy atom. The van der Waals surface area contributed by atoms with Crippen molar-refractivity contribution in [3.63, 3.8) is 0 Å². The molecule has 1 aromatic carbocycles. The summed E-state index contributed by atoms with van der Waals surface area (Å²) < 4.78 is 5.00. The normalized spacial score (nSPS) is 21.0. The number of ketones is 1. The van der Waals surface area contributed by atoms with Crippen LogP contribution in [0.2, 0.25) is 0 Å². The Bertz CT molecular complexity index is 383. The Hall–Kier alpha value is -1.64. The smallest absolute Gasteiger partial charge is 0.316 e. The number of carbonyl (C=O) groups excluding carboxylic acids is 2. The lowest BCUT2D eigenvalue weighted by Gasteiger charge is -2.10. The topological polar surface area (TPSA) is 43.4 Å². The summed E-state index contributed by atoms with van der Waals surface area (Å²) in [6.07, 6.45) is 2.33. The Kier molecular flexibility index (Phi) is 3.34. The summed E-state index contributed by atoms with van der Waals surface area (Å²) in [5.41, 5.74) is 0.589. The molecule has 1 aromatic rings. The molecule has 3 nitrogen and oxygen atoms in total. The van der Waals surface area contributed by atoms with Gasteiger partial charge in [-0.15, -0.1) is 0 Å². The van der Waals surface area contributed by atoms with Gasteiger partial charge in [-0.05, 0) is 19.3 Å². The molecule has 2 rings (SSSR count). The van der Waals surface area contributed by atoms with Crippen LogP contribution in [0.15, 0.2) is 30.3 Å². The molecule has 3 heteroatoms. The Balaban J connectivity index is 2.17. The van der Waals surface area contributed by atoms with Crippen LogP contribution in [-0.4, -0.2) is 18.4 Å². The van der Waals surface area contributed by atoms with Crippen LogP contribution in [0.1, 0.15) is 29.6 Å². The number of cyclic esters (lactones) is 1. The number of rotatable bonds is 2. The third-order valence-corrected chi connectivity index (χ3v) is 2.79. The maximum absolute atomic E-state index is 12.1. The second-order valence-corrected chi connectivity index (χ2v) is 3.95. The third-order valence-electron chi connectivity index (χ3n) is 2.79. The largest absolute Gasteiger partial charge is 0.465 e. The molecule has 84 valence electrons. The minimum absolute atomic E-state index is 0.118. The van der Waals surface area contributed by atoms with Gasteiger partial charge >= 0.3 is 5.97 Å². The van der Waals surface area contributed by atoms with Gasteiger partial charge in [0.15, 0.2) is 5.78 Å². The summed E-state index contributed by atoms with van der Waals surface area (Å²) in [5.74, 6) is -1.09. The highest BCUT2D eigenvalue weighted by molar-refractivity contribution is 6.08. The molecule has 0 N–H and O–H groups in total. The number of benzene rings is 1. The summed E-state index contributed by atoms with van der Waals surface area (Å²) in [4.78, 5) is 23.6. The van der Waals surface area contributed by atoms with Crippen molar-refractivity contribution in [2.45, 2.75) is 19.3 Å². The lowest BCUT2D eigenvalue weighted by atomic mass is 9.93. The maximum atomic E-state index is 12.1. The molecular weight excluding hydrogens is 204 g/mol. The van der Waals surface area contributed by atoms with E-state index in [4.69, 9.17) is 4.74 Å². The summed E-state index contributed by atoms with van der Waals surface area (Å²) in [5, 5.41) is 0. The molecule has 0 saturated carbocycles. The molecule has 0 aliphatic carbocycles. The van der Waals surface area contributed by atoms with Gasteiger partial charge in [0, 0.05) is 5.56 Å². The van der Waals surface area contributed by atoms with Crippen molar-refractivity contribution in [3.05, 3.63) is 35.9 Å². The highest BCUT2D eigenvalue weighted by Gasteiger charge is 2.30. The van der Waals surface area contributed by atoms with Crippen LogP contribution in [0.25, 0.3) is 0 Å². The molecule has 0 radical (unpaired) electrons. The second-order valence-electron chi connectivity index (χ2n) is 3.95. The van der Waals surface area contributed by atoms with Crippen LogP contribution in [0.3, 0.4) is 0 Å². The minimum Gasteiger partial charge on any atom is -0.465 e. The molecule has 1 aliphatic rings. The number of carbonyl (C=O) groups is 2. The Labute approximate surface area is 94.4 Å². The van der Waals surface area contributed by atoms with E-state index in [9.17, 15) is 9.59 Å². The first-order chi connectivity index (χ1) is 7.79. The zero-order valence-electron chi connectivity index (χ0n) is 9.02. The second kappa shape index (κ2) is 4.92. The monoisotopic (exact) mass is 218 g/mol. The van der Waals surface area contributed by atoms with Gasteiger partial charge in [-0.3, -0.25) is 9.59 Å². The van der Waals surface area contributed by atoms with Gasteiger partial charge in [0.05, 0.1) is 6.61 Å². The van der Waals surface area contributed by atoms with Crippen molar-refractivity contribution >= 4 is 11.8 Å². The van der Waals surface area contributed by atoms with Crippen LogP contribution < -0.4 is 0 Å². The van der Waals surface area contributed by atoms with E-state index in [2.05, 4.69) is 0 Å². The predicted molar refractivity (Wildman–Crippen MR) is 59.1 cm³/mol. The number of hydrogen-bond acceptors (Lipinski definition) is 3. The van der Waals surface area contributed by atoms with Crippen LogP contribution in [0, 0.1) is 5.92 Å². The van der Waals surface area contributed by atoms with E-state index in [1.54, 1.807) is 24.3 Å². The zero-order chi connectivity index (χ0) is 11.4. The van der Waals surface area contributed by atoms with Crippen molar-refractivity contribution in [3.8, 4) is 0 Å². The molecular formula is C13H14O3. The lowest BCUT2D eigenvalue weighted by molar-refractivity contribution is -0.145. The fraction of sp³-hybridized carbons (Fsp3) is 0.385. The molecule has 1 fully saturated rings. The van der Waals surface area contributed by atoms with Crippen molar-refractivity contribution in [2.24, 2.45) is 5.92 Å². The molecule has 0 bridgehead atoms. The van der Waals surface area contributed by atoms with Gasteiger partial charge in [-0.1, -0.05) is 30.3 Å². The Morgan fingerprint density at radius 3 is 2.69 bits per heavy atom. The molecule has 1 aliphatic heterocycles. The van der Waals surface area contributed by atoms with Crippen molar-refractivity contribution in [1.82, 2.24) is 0 Å². The molecule has 1 unspecified atom stereocenters. The lowest BCUT2D eigenvalue weighted by Crippen LogP contribution is -2.24. The highest BCUT2D eigenvalue weighted by Crippen LogP contribution is 2.20. The average Bonchev–Trinajstić information content (AvgIpc) is 2.54. The third kappa shape index (κ3) is 2.30. The van der Waals surface area contributed by atoms with Gasteiger partial charge in [0.25, 0.3) is 0 Å². The summed E-state index contributed by atoms with van der Waals surface area (Å²) >= 11 is 0. The minimum atomic E-state index is -0.607. The maximum Gasteiger partial charge on any atom is 0.316 e. The molecule has 16 heavy (non-hydrogen) atoms. The SMILES string of the molecule is O=C1OCCCCC1C(=O)c1ccccc1. The van der Waals surface area contributed by atoms with E-state index in [0.29, 0.717) is 18.6 Å². The standard InChI is InChI=1S/C13H14O3/c14-12(10-6-2-1-3-7-10)11-8-4-5-9-16-13(11)15/h1-3,6-7,11H,4-5,8-9H2. The van der Waals surface area contributed by atoms with Gasteiger partial charge in [-0.2, -0.15) is 0 Å². The first-order valence-electron chi connectivity index (χ1n) is 5.55. The first kappa shape index (κ1) is 10.9. The van der Waals surface area contributed by atoms with Crippen molar-refractivity contribution in [1.29, 1.82) is 0 Å². The summed E-state index contributed by atoms with van der Waals surface area (Å²) in [7, 11) is 0. The van der Waals surface area contributed by atoms with Crippen molar-refractivity contribution < 1.29 is 14.3 Å². The molecule has 0 amide bonds. The summed E-state index contributed by atoms with van der Waals surface area (Å²) in [6, 6.07) is 8.92. The fourth-order valence-electron chi connectivity index (χ4n) is 1.88. The van der Waals surface area contributed by atoms with Crippen LogP contribution in [0.4, 0.5) is 0 Å². The molecule has 0 spiro atoms. The van der Waals surface area contributed by atoms with Gasteiger partial charge in [0.1, 0.15) is 5.92 Å². The summed E-state index contributed by atoms with van der Waals surface area (Å²) in [6.45, 7) is 0.442. The number of esters is 1. The molecule has 0 aromatic heterocycles. The average molecular weight is 218 g/mol. The fourth-order valence-corrected chi connectivity index (χ4v) is 1.88. The molecule has 1 atom stereocenters. The van der Waals surface area contributed by atoms with Gasteiger partial charge in [-0.25, -0.2) is 0 Å². The van der Waals surface area contributed by atoms with E-state index in [1.165, 1.54) is 0 Å². The Morgan fingerprint density at radius 1 is 1.19 bits per heavy atom. The zero-order valence-corrected chi connectivity index (χ0v) is 9.02. The van der Waals surface area contributed by atoms with Crippen LogP contribution in [0.5, 0.6) is 0 Å². The van der Waals surface area contributed by atoms with Gasteiger partial charge in [0.2, 0.25) is 0 Å². The molecule has 1 heterocycles. The van der Waals surface area contributed by atoms with Crippen LogP contribution in [-0.2, 0) is 9.53 Å². The van der Waals surface area contributed by atoms with E-state index >= 15 is 0 Å². The first-order valence-corrected chi connectivity index (χ1v) is 5.55. The van der Waals surface area contributed by atoms with Crippen molar-refractivity contribution in [2.75, 3.05) is 6.61 Å². The van der Waals surface area contributed by atoms with Gasteiger partial charge < -0.3 is 4.74 Å². The van der Waals surface area contributed by atoms with E-state index in [1.807, 2.05) is 6.07 Å². The highest BCUT2D eigenvalue weighted by atomic mass is 16.5. The van der Waals surface area contributed by atoms with E-state index in [-0.39, 0.29) is 11.8 Å². The van der Waals surface area contributed by atoms with Crippen LogP contribution >= 0.6 is 0 Å². The number of ether oxygens (including phenoxy) is 1. The quantitative estimate of drug-likeness (QED) is 0.434. The van der Waals surface area contributed by atoms with E-state index < -0.39 is 5.92 Å². The number of Topliss-reactive ketones (excluding diaryl/α,β-unsaturated/α-hetero) is 1. The molecule has 1 saturated heterocycles. The number of hydrogen-bond donors (Lipinski definition) is 0. The predicted octanol–water partition coefficient (Wildman–Crippen LogP) is 2.21. The van der Waals surface area contributed by atoms with E-state index in [0.717, 1.165) is 12.8 Å².